The van der Waals surface area contributed by atoms with Gasteiger partial charge in [-0.05, 0) is 24.6 Å². The summed E-state index contributed by atoms with van der Waals surface area (Å²) < 4.78 is 5.25. The minimum atomic E-state index is -0.832. The molecule has 0 fully saturated rings. The SMILES string of the molecule is Cc1ccccc1Nc1nc(N)nc(COC(=O)c2cc([N+](=O)[O-])ccc2NCCO)n1. The van der Waals surface area contributed by atoms with Crippen LogP contribution in [0.2, 0.25) is 0 Å². The third-order valence-electron chi connectivity index (χ3n) is 4.28. The molecule has 0 aliphatic carbocycles. The second-order valence-electron chi connectivity index (χ2n) is 6.59. The van der Waals surface area contributed by atoms with Crippen molar-refractivity contribution in [2.75, 3.05) is 29.5 Å². The summed E-state index contributed by atoms with van der Waals surface area (Å²) in [5.74, 6) is -0.625. The van der Waals surface area contributed by atoms with E-state index in [0.717, 1.165) is 17.3 Å². The van der Waals surface area contributed by atoms with Crippen LogP contribution in [0.4, 0.5) is 29.0 Å². The number of benzene rings is 2. The molecule has 32 heavy (non-hydrogen) atoms. The van der Waals surface area contributed by atoms with Gasteiger partial charge in [-0.15, -0.1) is 0 Å². The number of esters is 1. The Hall–Kier alpha value is -4.32. The van der Waals surface area contributed by atoms with Gasteiger partial charge in [0.15, 0.2) is 12.4 Å². The van der Waals surface area contributed by atoms with Gasteiger partial charge in [0.2, 0.25) is 11.9 Å². The molecule has 3 rings (SSSR count). The Morgan fingerprint density at radius 2 is 1.97 bits per heavy atom. The number of nitro benzene ring substituents is 1. The summed E-state index contributed by atoms with van der Waals surface area (Å²) in [5.41, 5.74) is 7.44. The number of carbonyl (C=O) groups is 1. The zero-order valence-corrected chi connectivity index (χ0v) is 17.1. The number of nitro groups is 1. The molecule has 1 aromatic heterocycles. The van der Waals surface area contributed by atoms with Gasteiger partial charge in [-0.25, -0.2) is 4.79 Å². The highest BCUT2D eigenvalue weighted by Crippen LogP contribution is 2.23. The quantitative estimate of drug-likeness (QED) is 0.218. The lowest BCUT2D eigenvalue weighted by molar-refractivity contribution is -0.384. The van der Waals surface area contributed by atoms with E-state index in [2.05, 4.69) is 25.6 Å². The third-order valence-corrected chi connectivity index (χ3v) is 4.28. The molecule has 2 aromatic carbocycles. The standard InChI is InChI=1S/C20H21N7O5/c1-12-4-2-3-5-15(12)23-20-25-17(24-19(21)26-20)11-32-18(29)14-10-13(27(30)31)6-7-16(14)22-8-9-28/h2-7,10,22,28H,8-9,11H2,1H3,(H3,21,23,24,25,26). The number of aliphatic hydroxyl groups excluding tert-OH is 1. The molecular weight excluding hydrogens is 418 g/mol. The lowest BCUT2D eigenvalue weighted by atomic mass is 10.1. The first-order valence-corrected chi connectivity index (χ1v) is 9.50. The maximum absolute atomic E-state index is 12.6. The van der Waals surface area contributed by atoms with Crippen LogP contribution in [0.5, 0.6) is 0 Å². The van der Waals surface area contributed by atoms with E-state index in [1.165, 1.54) is 12.1 Å². The molecular formula is C20H21N7O5. The van der Waals surface area contributed by atoms with Crippen LogP contribution in [-0.4, -0.2) is 44.1 Å². The number of nitrogens with two attached hydrogens (primary N) is 1. The molecule has 0 aliphatic heterocycles. The number of rotatable bonds is 9. The van der Waals surface area contributed by atoms with Gasteiger partial charge in [-0.3, -0.25) is 10.1 Å². The van der Waals surface area contributed by atoms with E-state index in [-0.39, 0.29) is 54.4 Å². The van der Waals surface area contributed by atoms with Crippen LogP contribution in [-0.2, 0) is 11.3 Å². The number of hydrogen-bond acceptors (Lipinski definition) is 11. The van der Waals surface area contributed by atoms with Gasteiger partial charge in [0.1, 0.15) is 0 Å². The van der Waals surface area contributed by atoms with Gasteiger partial charge >= 0.3 is 5.97 Å². The van der Waals surface area contributed by atoms with Crippen LogP contribution in [0.1, 0.15) is 21.7 Å². The number of para-hydroxylation sites is 1. The van der Waals surface area contributed by atoms with E-state index in [9.17, 15) is 14.9 Å². The molecule has 1 heterocycles. The summed E-state index contributed by atoms with van der Waals surface area (Å²) in [4.78, 5) is 35.3. The second kappa shape index (κ2) is 10.1. The van der Waals surface area contributed by atoms with Crippen molar-refractivity contribution < 1.29 is 19.6 Å². The number of aryl methyl sites for hydroxylation is 1. The number of ether oxygens (including phenoxy) is 1. The van der Waals surface area contributed by atoms with E-state index in [0.29, 0.717) is 0 Å². The van der Waals surface area contributed by atoms with Crippen molar-refractivity contribution in [3.05, 3.63) is 69.5 Å². The normalized spacial score (nSPS) is 10.4. The molecule has 12 heteroatoms. The summed E-state index contributed by atoms with van der Waals surface area (Å²) in [6.07, 6.45) is 0. The average molecular weight is 439 g/mol. The van der Waals surface area contributed by atoms with E-state index in [1.807, 2.05) is 31.2 Å². The van der Waals surface area contributed by atoms with Crippen molar-refractivity contribution in [2.45, 2.75) is 13.5 Å². The zero-order valence-electron chi connectivity index (χ0n) is 17.1. The van der Waals surface area contributed by atoms with Crippen molar-refractivity contribution in [1.29, 1.82) is 0 Å². The summed E-state index contributed by atoms with van der Waals surface area (Å²) in [6, 6.07) is 11.2. The highest BCUT2D eigenvalue weighted by atomic mass is 16.6. The molecule has 0 saturated heterocycles. The minimum absolute atomic E-state index is 0.0621. The Labute approximate surface area is 182 Å². The van der Waals surface area contributed by atoms with Crippen LogP contribution < -0.4 is 16.4 Å². The molecule has 0 bridgehead atoms. The lowest BCUT2D eigenvalue weighted by Crippen LogP contribution is -2.14. The Morgan fingerprint density at radius 1 is 1.19 bits per heavy atom. The Bertz CT molecular complexity index is 1140. The van der Waals surface area contributed by atoms with Crippen molar-refractivity contribution >= 4 is 34.9 Å². The molecule has 0 amide bonds. The lowest BCUT2D eigenvalue weighted by Gasteiger charge is -2.12. The average Bonchev–Trinajstić information content (AvgIpc) is 2.77. The molecule has 0 atom stereocenters. The minimum Gasteiger partial charge on any atom is -0.454 e. The summed E-state index contributed by atoms with van der Waals surface area (Å²) in [5, 5.41) is 25.9. The maximum Gasteiger partial charge on any atom is 0.340 e. The monoisotopic (exact) mass is 439 g/mol. The molecule has 5 N–H and O–H groups in total. The second-order valence-corrected chi connectivity index (χ2v) is 6.59. The van der Waals surface area contributed by atoms with E-state index in [1.54, 1.807) is 0 Å². The molecule has 0 radical (unpaired) electrons. The van der Waals surface area contributed by atoms with Gasteiger partial charge in [0, 0.05) is 30.1 Å². The largest absolute Gasteiger partial charge is 0.454 e. The molecule has 0 aliphatic rings. The molecule has 3 aromatic rings. The van der Waals surface area contributed by atoms with Crippen LogP contribution in [0.15, 0.2) is 42.5 Å². The van der Waals surface area contributed by atoms with Crippen LogP contribution >= 0.6 is 0 Å². The van der Waals surface area contributed by atoms with Gasteiger partial charge in [-0.1, -0.05) is 18.2 Å². The summed E-state index contributed by atoms with van der Waals surface area (Å²) in [7, 11) is 0. The number of hydrogen-bond donors (Lipinski definition) is 4. The van der Waals surface area contributed by atoms with Gasteiger partial charge < -0.3 is 26.2 Å². The van der Waals surface area contributed by atoms with E-state index >= 15 is 0 Å². The number of aliphatic hydroxyl groups is 1. The molecule has 0 spiro atoms. The third kappa shape index (κ3) is 5.64. The Kier molecular flexibility index (Phi) is 7.08. The number of carbonyl (C=O) groups excluding carboxylic acids is 1. The smallest absolute Gasteiger partial charge is 0.340 e. The number of nitrogen functional groups attached to an aromatic ring is 1. The first-order chi connectivity index (χ1) is 15.4. The number of nitrogens with zero attached hydrogens (tertiary/aromatic N) is 4. The van der Waals surface area contributed by atoms with Gasteiger partial charge in [0.25, 0.3) is 5.69 Å². The maximum atomic E-state index is 12.6. The number of nitrogens with one attached hydrogen (secondary N) is 2. The number of anilines is 4. The summed E-state index contributed by atoms with van der Waals surface area (Å²) in [6.45, 7) is 1.54. The van der Waals surface area contributed by atoms with Crippen molar-refractivity contribution in [3.63, 3.8) is 0 Å². The fourth-order valence-corrected chi connectivity index (χ4v) is 2.76. The number of non-ortho nitro benzene ring substituents is 1. The van der Waals surface area contributed by atoms with Crippen molar-refractivity contribution in [3.8, 4) is 0 Å². The molecule has 166 valence electrons. The predicted octanol–water partition coefficient (Wildman–Crippen LogP) is 2.18. The van der Waals surface area contributed by atoms with E-state index < -0.39 is 10.9 Å². The van der Waals surface area contributed by atoms with Gasteiger partial charge in [0.05, 0.1) is 17.1 Å². The summed E-state index contributed by atoms with van der Waals surface area (Å²) >= 11 is 0. The highest BCUT2D eigenvalue weighted by Gasteiger charge is 2.19. The first kappa shape index (κ1) is 22.4. The predicted molar refractivity (Wildman–Crippen MR) is 116 cm³/mol. The molecule has 0 saturated carbocycles. The molecule has 12 nitrogen and oxygen atoms in total. The van der Waals surface area contributed by atoms with Crippen LogP contribution in [0, 0.1) is 17.0 Å². The number of aromatic nitrogens is 3. The fourth-order valence-electron chi connectivity index (χ4n) is 2.76. The zero-order chi connectivity index (χ0) is 23.1. The topological polar surface area (TPSA) is 178 Å². The highest BCUT2D eigenvalue weighted by molar-refractivity contribution is 5.96. The Morgan fingerprint density at radius 3 is 2.69 bits per heavy atom. The Balaban J connectivity index is 1.77. The van der Waals surface area contributed by atoms with Crippen LogP contribution in [0.3, 0.4) is 0 Å². The van der Waals surface area contributed by atoms with Crippen molar-refractivity contribution in [1.82, 2.24) is 15.0 Å². The van der Waals surface area contributed by atoms with Crippen LogP contribution in [0.25, 0.3) is 0 Å². The molecule has 0 unspecified atom stereocenters. The van der Waals surface area contributed by atoms with Crippen molar-refractivity contribution in [2.24, 2.45) is 0 Å². The first-order valence-electron chi connectivity index (χ1n) is 9.50. The van der Waals surface area contributed by atoms with E-state index in [4.69, 9.17) is 15.6 Å². The fraction of sp³-hybridized carbons (Fsp3) is 0.200. The van der Waals surface area contributed by atoms with Gasteiger partial charge in [-0.2, -0.15) is 15.0 Å².